The molecule has 0 fully saturated rings. The quantitative estimate of drug-likeness (QED) is 0.717. The van der Waals surface area contributed by atoms with Crippen LogP contribution in [0.5, 0.6) is 0 Å². The minimum atomic E-state index is -0.547. The molecular weight excluding hydrogens is 238 g/mol. The topological polar surface area (TPSA) is 24.5 Å². The Balaban J connectivity index is 2.10. The second-order valence-corrected chi connectivity index (χ2v) is 4.37. The van der Waals surface area contributed by atoms with E-state index in [1.807, 2.05) is 19.0 Å². The van der Waals surface area contributed by atoms with Crippen LogP contribution in [0.1, 0.15) is 5.56 Å². The van der Waals surface area contributed by atoms with Gasteiger partial charge in [0.1, 0.15) is 11.6 Å². The minimum absolute atomic E-state index is 0.436. The Hall–Kier alpha value is -1.04. The van der Waals surface area contributed by atoms with Crippen molar-refractivity contribution in [2.75, 3.05) is 40.4 Å². The Morgan fingerprint density at radius 3 is 2.39 bits per heavy atom. The van der Waals surface area contributed by atoms with E-state index in [-0.39, 0.29) is 0 Å². The molecule has 1 aromatic rings. The molecule has 0 aliphatic rings. The molecule has 1 N–H and O–H groups in total. The number of rotatable bonds is 8. The fraction of sp³-hybridized carbons (Fsp3) is 0.538. The number of ether oxygens (including phenoxy) is 1. The van der Waals surface area contributed by atoms with Crippen molar-refractivity contribution < 1.29 is 13.5 Å². The molecule has 3 nitrogen and oxygen atoms in total. The van der Waals surface area contributed by atoms with Gasteiger partial charge in [-0.2, -0.15) is 0 Å². The van der Waals surface area contributed by atoms with E-state index in [2.05, 4.69) is 5.32 Å². The third-order valence-corrected chi connectivity index (χ3v) is 2.36. The number of hydrogen-bond acceptors (Lipinski definition) is 3. The van der Waals surface area contributed by atoms with Crippen molar-refractivity contribution in [2.24, 2.45) is 0 Å². The van der Waals surface area contributed by atoms with Crippen LogP contribution in [0.3, 0.4) is 0 Å². The summed E-state index contributed by atoms with van der Waals surface area (Å²) < 4.78 is 31.1. The predicted octanol–water partition coefficient (Wildman–Crippen LogP) is 1.63. The Labute approximate surface area is 107 Å². The van der Waals surface area contributed by atoms with Crippen LogP contribution >= 0.6 is 0 Å². The van der Waals surface area contributed by atoms with Gasteiger partial charge in [-0.25, -0.2) is 8.78 Å². The molecular formula is C13H20F2N2O. The molecule has 0 amide bonds. The molecule has 0 spiro atoms. The van der Waals surface area contributed by atoms with Crippen LogP contribution in [0.4, 0.5) is 8.78 Å². The zero-order valence-electron chi connectivity index (χ0n) is 10.9. The number of hydrogen-bond donors (Lipinski definition) is 1. The summed E-state index contributed by atoms with van der Waals surface area (Å²) in [6, 6.07) is 3.51. The maximum Gasteiger partial charge on any atom is 0.126 e. The second-order valence-electron chi connectivity index (χ2n) is 4.37. The molecule has 5 heteroatoms. The van der Waals surface area contributed by atoms with Gasteiger partial charge in [0.15, 0.2) is 0 Å². The summed E-state index contributed by atoms with van der Waals surface area (Å²) in [5.41, 5.74) is 0.598. The summed E-state index contributed by atoms with van der Waals surface area (Å²) in [4.78, 5) is 2.04. The fourth-order valence-electron chi connectivity index (χ4n) is 1.44. The van der Waals surface area contributed by atoms with Crippen LogP contribution in [0.15, 0.2) is 18.2 Å². The Bertz CT molecular complexity index is 339. The Morgan fingerprint density at radius 2 is 1.78 bits per heavy atom. The monoisotopic (exact) mass is 258 g/mol. The lowest BCUT2D eigenvalue weighted by molar-refractivity contribution is 0.119. The van der Waals surface area contributed by atoms with Gasteiger partial charge < -0.3 is 15.0 Å². The first-order chi connectivity index (χ1) is 8.58. The second kappa shape index (κ2) is 8.13. The van der Waals surface area contributed by atoms with Gasteiger partial charge >= 0.3 is 0 Å². The van der Waals surface area contributed by atoms with Gasteiger partial charge in [0.2, 0.25) is 0 Å². The zero-order chi connectivity index (χ0) is 13.4. The number of likely N-dealkylation sites (N-methyl/N-ethyl adjacent to an activating group) is 1. The predicted molar refractivity (Wildman–Crippen MR) is 67.4 cm³/mol. The largest absolute Gasteiger partial charge is 0.379 e. The van der Waals surface area contributed by atoms with Gasteiger partial charge in [0, 0.05) is 25.7 Å². The zero-order valence-corrected chi connectivity index (χ0v) is 10.9. The van der Waals surface area contributed by atoms with Crippen molar-refractivity contribution in [1.29, 1.82) is 0 Å². The lowest BCUT2D eigenvalue weighted by Crippen LogP contribution is -2.23. The van der Waals surface area contributed by atoms with E-state index in [0.717, 1.165) is 12.6 Å². The number of halogens is 2. The minimum Gasteiger partial charge on any atom is -0.379 e. The molecule has 0 bridgehead atoms. The molecule has 102 valence electrons. The van der Waals surface area contributed by atoms with Crippen LogP contribution in [-0.4, -0.2) is 45.3 Å². The molecule has 0 aliphatic carbocycles. The highest BCUT2D eigenvalue weighted by Crippen LogP contribution is 2.07. The van der Waals surface area contributed by atoms with Crippen molar-refractivity contribution in [1.82, 2.24) is 10.2 Å². The Kier molecular flexibility index (Phi) is 6.78. The third-order valence-electron chi connectivity index (χ3n) is 2.36. The molecule has 0 heterocycles. The summed E-state index contributed by atoms with van der Waals surface area (Å²) in [6.07, 6.45) is 0. The highest BCUT2D eigenvalue weighted by Gasteiger charge is 2.00. The molecule has 0 saturated carbocycles. The molecule has 0 saturated heterocycles. The molecule has 0 aromatic heterocycles. The van der Waals surface area contributed by atoms with E-state index in [9.17, 15) is 8.78 Å². The number of nitrogens with one attached hydrogen (secondary N) is 1. The van der Waals surface area contributed by atoms with Crippen LogP contribution in [0.25, 0.3) is 0 Å². The van der Waals surface area contributed by atoms with E-state index in [1.54, 1.807) is 0 Å². The van der Waals surface area contributed by atoms with E-state index in [0.29, 0.717) is 31.9 Å². The van der Waals surface area contributed by atoms with Crippen LogP contribution in [0.2, 0.25) is 0 Å². The smallest absolute Gasteiger partial charge is 0.126 e. The van der Waals surface area contributed by atoms with Crippen molar-refractivity contribution in [3.05, 3.63) is 35.4 Å². The Morgan fingerprint density at radius 1 is 1.11 bits per heavy atom. The number of nitrogens with zero attached hydrogens (tertiary/aromatic N) is 1. The normalized spacial score (nSPS) is 11.2. The first kappa shape index (κ1) is 15.0. The highest BCUT2D eigenvalue weighted by atomic mass is 19.1. The van der Waals surface area contributed by atoms with Gasteiger partial charge in [-0.3, -0.25) is 0 Å². The lowest BCUT2D eigenvalue weighted by atomic mass is 10.2. The van der Waals surface area contributed by atoms with Gasteiger partial charge in [0.25, 0.3) is 0 Å². The average molecular weight is 258 g/mol. The first-order valence-corrected chi connectivity index (χ1v) is 5.96. The van der Waals surface area contributed by atoms with Crippen molar-refractivity contribution in [2.45, 2.75) is 6.54 Å². The summed E-state index contributed by atoms with van der Waals surface area (Å²) in [5, 5.41) is 3.07. The molecule has 18 heavy (non-hydrogen) atoms. The standard InChI is InChI=1S/C13H20F2N2O/c1-17(2)4-6-18-5-3-16-10-11-7-12(14)9-13(15)8-11/h7-9,16H,3-6,10H2,1-2H3. The SMILES string of the molecule is CN(C)CCOCCNCc1cc(F)cc(F)c1. The fourth-order valence-corrected chi connectivity index (χ4v) is 1.44. The van der Waals surface area contributed by atoms with Gasteiger partial charge in [-0.1, -0.05) is 0 Å². The van der Waals surface area contributed by atoms with E-state index in [1.165, 1.54) is 12.1 Å². The third kappa shape index (κ3) is 6.64. The van der Waals surface area contributed by atoms with Crippen molar-refractivity contribution in [3.8, 4) is 0 Å². The molecule has 0 atom stereocenters. The first-order valence-electron chi connectivity index (χ1n) is 5.96. The maximum atomic E-state index is 12.9. The molecule has 1 aromatic carbocycles. The molecule has 1 rings (SSSR count). The van der Waals surface area contributed by atoms with Gasteiger partial charge in [-0.05, 0) is 31.8 Å². The van der Waals surface area contributed by atoms with Gasteiger partial charge in [-0.15, -0.1) is 0 Å². The summed E-state index contributed by atoms with van der Waals surface area (Å²) in [5.74, 6) is -1.09. The lowest BCUT2D eigenvalue weighted by Gasteiger charge is -2.10. The van der Waals surface area contributed by atoms with Crippen molar-refractivity contribution >= 4 is 0 Å². The van der Waals surface area contributed by atoms with Crippen molar-refractivity contribution in [3.63, 3.8) is 0 Å². The highest BCUT2D eigenvalue weighted by molar-refractivity contribution is 5.17. The van der Waals surface area contributed by atoms with Gasteiger partial charge in [0.05, 0.1) is 13.2 Å². The van der Waals surface area contributed by atoms with Crippen LogP contribution in [-0.2, 0) is 11.3 Å². The summed E-state index contributed by atoms with van der Waals surface area (Å²) in [7, 11) is 3.97. The average Bonchev–Trinajstić information content (AvgIpc) is 2.26. The van der Waals surface area contributed by atoms with E-state index >= 15 is 0 Å². The number of benzene rings is 1. The summed E-state index contributed by atoms with van der Waals surface area (Å²) in [6.45, 7) is 3.25. The maximum absolute atomic E-state index is 12.9. The molecule has 0 unspecified atom stereocenters. The molecule has 0 radical (unpaired) electrons. The van der Waals surface area contributed by atoms with Crippen LogP contribution < -0.4 is 5.32 Å². The summed E-state index contributed by atoms with van der Waals surface area (Å²) >= 11 is 0. The van der Waals surface area contributed by atoms with E-state index in [4.69, 9.17) is 4.74 Å². The molecule has 0 aliphatic heterocycles. The van der Waals surface area contributed by atoms with Crippen LogP contribution in [0, 0.1) is 11.6 Å². The van der Waals surface area contributed by atoms with E-state index < -0.39 is 11.6 Å².